The number of nitrogens with one attached hydrogen (secondary N) is 1. The lowest BCUT2D eigenvalue weighted by molar-refractivity contribution is -0.155. The first-order chi connectivity index (χ1) is 16.3. The molecule has 0 saturated carbocycles. The summed E-state index contributed by atoms with van der Waals surface area (Å²) in [7, 11) is 0. The number of hydrogen-bond donors (Lipinski definition) is 2. The molecule has 2 N–H and O–H groups in total. The molecule has 34 heavy (non-hydrogen) atoms. The minimum absolute atomic E-state index is 0.0964. The second kappa shape index (κ2) is 11.6. The fourth-order valence-electron chi connectivity index (χ4n) is 5.47. The normalized spacial score (nSPS) is 25.9. The minimum atomic E-state index is -0.698. The number of amides is 2. The van der Waals surface area contributed by atoms with Gasteiger partial charge in [0, 0.05) is 24.8 Å². The van der Waals surface area contributed by atoms with Crippen molar-refractivity contribution in [3.63, 3.8) is 0 Å². The highest BCUT2D eigenvalue weighted by molar-refractivity contribution is 6.02. The zero-order chi connectivity index (χ0) is 24.8. The Balaban J connectivity index is 1.96. The van der Waals surface area contributed by atoms with E-state index in [1.807, 2.05) is 51.1 Å². The molecule has 0 unspecified atom stereocenters. The molecule has 1 heterocycles. The summed E-state index contributed by atoms with van der Waals surface area (Å²) >= 11 is 0. The summed E-state index contributed by atoms with van der Waals surface area (Å²) < 4.78 is 5.37. The van der Waals surface area contributed by atoms with E-state index >= 15 is 0 Å². The first kappa shape index (κ1) is 25.9. The summed E-state index contributed by atoms with van der Waals surface area (Å²) in [5.41, 5.74) is 2.67. The van der Waals surface area contributed by atoms with E-state index in [-0.39, 0.29) is 36.9 Å². The Morgan fingerprint density at radius 3 is 2.41 bits per heavy atom. The van der Waals surface area contributed by atoms with Crippen LogP contribution < -0.4 is 5.32 Å². The number of esters is 1. The summed E-state index contributed by atoms with van der Waals surface area (Å²) in [6.45, 7) is 8.42. The van der Waals surface area contributed by atoms with Crippen LogP contribution in [-0.4, -0.2) is 53.6 Å². The molecular formula is C27H38N2O5. The van der Waals surface area contributed by atoms with Crippen LogP contribution in [0.1, 0.15) is 50.7 Å². The van der Waals surface area contributed by atoms with Crippen LogP contribution in [0, 0.1) is 37.5 Å². The Hall–Kier alpha value is -2.67. The zero-order valence-electron chi connectivity index (χ0n) is 20.8. The van der Waals surface area contributed by atoms with Gasteiger partial charge >= 0.3 is 5.97 Å². The van der Waals surface area contributed by atoms with Crippen LogP contribution in [0.2, 0.25) is 0 Å². The van der Waals surface area contributed by atoms with E-state index in [1.54, 1.807) is 11.8 Å². The Bertz CT molecular complexity index is 907. The van der Waals surface area contributed by atoms with Crippen LogP contribution in [0.15, 0.2) is 30.4 Å². The monoisotopic (exact) mass is 470 g/mol. The number of hydrogen-bond acceptors (Lipinski definition) is 5. The third-order valence-corrected chi connectivity index (χ3v) is 7.20. The van der Waals surface area contributed by atoms with Gasteiger partial charge in [-0.05, 0) is 63.5 Å². The molecule has 7 heteroatoms. The molecule has 1 aliphatic carbocycles. The van der Waals surface area contributed by atoms with Gasteiger partial charge < -0.3 is 20.1 Å². The van der Waals surface area contributed by atoms with Crippen molar-refractivity contribution in [1.29, 1.82) is 0 Å². The number of likely N-dealkylation sites (tertiary alicyclic amines) is 1. The second-order valence-electron chi connectivity index (χ2n) is 9.35. The van der Waals surface area contributed by atoms with Crippen molar-refractivity contribution in [2.24, 2.45) is 23.7 Å². The van der Waals surface area contributed by atoms with Gasteiger partial charge in [0.25, 0.3) is 0 Å². The number of rotatable bonds is 10. The molecule has 0 radical (unpaired) electrons. The lowest BCUT2D eigenvalue weighted by atomic mass is 9.69. The molecule has 0 aromatic heterocycles. The van der Waals surface area contributed by atoms with Crippen molar-refractivity contribution >= 4 is 23.5 Å². The number of allylic oxidation sites excluding steroid dienone is 1. The number of aliphatic hydroxyl groups excluding tert-OH is 1. The van der Waals surface area contributed by atoms with E-state index in [0.717, 1.165) is 23.2 Å². The molecule has 3 rings (SSSR count). The summed E-state index contributed by atoms with van der Waals surface area (Å²) in [6.07, 6.45) is 6.77. The standard InChI is InChI=1S/C27H38N2O5/c1-5-19-13-14-20-22(21(19)27(33)34-6-2)26(32)29(15-8-7-9-16-30)24(20)25(31)28-23-17(3)11-10-12-18(23)4/h10-14,19-22,24,30H,5-9,15-16H2,1-4H3,(H,28,31)/t19-,20+,21-,22-,24+/m1/s1. The van der Waals surface area contributed by atoms with E-state index in [1.165, 1.54) is 0 Å². The number of fused-ring (bicyclic) bond motifs is 1. The van der Waals surface area contributed by atoms with Crippen molar-refractivity contribution in [3.8, 4) is 0 Å². The highest BCUT2D eigenvalue weighted by Gasteiger charge is 2.57. The van der Waals surface area contributed by atoms with E-state index < -0.39 is 23.8 Å². The maximum Gasteiger partial charge on any atom is 0.310 e. The molecule has 7 nitrogen and oxygen atoms in total. The van der Waals surface area contributed by atoms with Crippen molar-refractivity contribution in [1.82, 2.24) is 4.90 Å². The zero-order valence-corrected chi connectivity index (χ0v) is 20.8. The van der Waals surface area contributed by atoms with Gasteiger partial charge in [-0.15, -0.1) is 0 Å². The summed E-state index contributed by atoms with van der Waals surface area (Å²) in [4.78, 5) is 42.0. The number of aryl methyl sites for hydroxylation is 2. The number of carbonyl (C=O) groups is 3. The largest absolute Gasteiger partial charge is 0.466 e. The first-order valence-electron chi connectivity index (χ1n) is 12.5. The number of ether oxygens (including phenoxy) is 1. The molecule has 1 aliphatic heterocycles. The molecule has 2 amide bonds. The highest BCUT2D eigenvalue weighted by atomic mass is 16.5. The first-order valence-corrected chi connectivity index (χ1v) is 12.5. The lowest BCUT2D eigenvalue weighted by Gasteiger charge is -2.33. The number of benzene rings is 1. The van der Waals surface area contributed by atoms with E-state index in [2.05, 4.69) is 5.32 Å². The molecule has 1 aromatic carbocycles. The van der Waals surface area contributed by atoms with Gasteiger partial charge in [0.1, 0.15) is 6.04 Å². The van der Waals surface area contributed by atoms with Crippen molar-refractivity contribution in [3.05, 3.63) is 41.5 Å². The van der Waals surface area contributed by atoms with E-state index in [9.17, 15) is 14.4 Å². The number of carbonyl (C=O) groups excluding carboxylic acids is 3. The molecule has 0 spiro atoms. The van der Waals surface area contributed by atoms with Crippen molar-refractivity contribution in [2.75, 3.05) is 25.1 Å². The Morgan fingerprint density at radius 1 is 1.09 bits per heavy atom. The molecule has 5 atom stereocenters. The molecule has 1 aromatic rings. The van der Waals surface area contributed by atoms with Gasteiger partial charge in [0.05, 0.1) is 18.4 Å². The number of para-hydroxylation sites is 1. The van der Waals surface area contributed by atoms with Crippen LogP contribution in [0.5, 0.6) is 0 Å². The van der Waals surface area contributed by atoms with Gasteiger partial charge in [-0.3, -0.25) is 14.4 Å². The molecule has 2 aliphatic rings. The SMILES string of the molecule is CCOC(=O)[C@H]1[C@@H]2C(=O)N(CCCCCO)[C@H](C(=O)Nc3c(C)cccc3C)[C@H]2C=C[C@H]1CC. The lowest BCUT2D eigenvalue weighted by Crippen LogP contribution is -2.45. The maximum absolute atomic E-state index is 13.7. The molecule has 186 valence electrons. The quantitative estimate of drug-likeness (QED) is 0.309. The predicted octanol–water partition coefficient (Wildman–Crippen LogP) is 3.62. The molecule has 0 bridgehead atoms. The van der Waals surface area contributed by atoms with Crippen LogP contribution in [0.3, 0.4) is 0 Å². The summed E-state index contributed by atoms with van der Waals surface area (Å²) in [6, 6.07) is 5.14. The minimum Gasteiger partial charge on any atom is -0.466 e. The smallest absolute Gasteiger partial charge is 0.310 e. The molecule has 1 saturated heterocycles. The van der Waals surface area contributed by atoms with E-state index in [0.29, 0.717) is 25.8 Å². The van der Waals surface area contributed by atoms with Gasteiger partial charge in [0.15, 0.2) is 0 Å². The molecular weight excluding hydrogens is 432 g/mol. The van der Waals surface area contributed by atoms with Crippen molar-refractivity contribution in [2.45, 2.75) is 59.4 Å². The summed E-state index contributed by atoms with van der Waals surface area (Å²) in [5, 5.41) is 12.2. The fourth-order valence-corrected chi connectivity index (χ4v) is 5.47. The van der Waals surface area contributed by atoms with Crippen LogP contribution >= 0.6 is 0 Å². The predicted molar refractivity (Wildman–Crippen MR) is 131 cm³/mol. The average Bonchev–Trinajstić information content (AvgIpc) is 3.10. The van der Waals surface area contributed by atoms with Crippen LogP contribution in [0.4, 0.5) is 5.69 Å². The maximum atomic E-state index is 13.7. The Kier molecular flexibility index (Phi) is 8.89. The highest BCUT2D eigenvalue weighted by Crippen LogP contribution is 2.45. The van der Waals surface area contributed by atoms with Gasteiger partial charge in [0.2, 0.25) is 11.8 Å². The molecule has 1 fully saturated rings. The number of unbranched alkanes of at least 4 members (excludes halogenated alkanes) is 2. The third kappa shape index (κ3) is 5.19. The number of nitrogens with zero attached hydrogens (tertiary/aromatic N) is 1. The van der Waals surface area contributed by atoms with Gasteiger partial charge in [-0.25, -0.2) is 0 Å². The second-order valence-corrected chi connectivity index (χ2v) is 9.35. The summed E-state index contributed by atoms with van der Waals surface area (Å²) in [5.74, 6) is -2.45. The average molecular weight is 471 g/mol. The van der Waals surface area contributed by atoms with E-state index in [4.69, 9.17) is 9.84 Å². The van der Waals surface area contributed by atoms with Crippen molar-refractivity contribution < 1.29 is 24.2 Å². The number of aliphatic hydroxyl groups is 1. The van der Waals surface area contributed by atoms with Crippen LogP contribution in [-0.2, 0) is 19.1 Å². The Labute approximate surface area is 202 Å². The topological polar surface area (TPSA) is 95.9 Å². The third-order valence-electron chi connectivity index (χ3n) is 7.20. The Morgan fingerprint density at radius 2 is 1.79 bits per heavy atom. The number of anilines is 1. The van der Waals surface area contributed by atoms with Gasteiger partial charge in [-0.1, -0.05) is 37.3 Å². The van der Waals surface area contributed by atoms with Gasteiger partial charge in [-0.2, -0.15) is 0 Å². The van der Waals surface area contributed by atoms with Crippen LogP contribution in [0.25, 0.3) is 0 Å². The fraction of sp³-hybridized carbons (Fsp3) is 0.593.